The summed E-state index contributed by atoms with van der Waals surface area (Å²) in [7, 11) is 0. The fourth-order valence-corrected chi connectivity index (χ4v) is 4.92. The van der Waals surface area contributed by atoms with Gasteiger partial charge in [-0.2, -0.15) is 0 Å². The van der Waals surface area contributed by atoms with Crippen molar-refractivity contribution in [3.05, 3.63) is 52.2 Å². The van der Waals surface area contributed by atoms with E-state index in [2.05, 4.69) is 9.88 Å². The fraction of sp³-hybridized carbons (Fsp3) is 0.500. The van der Waals surface area contributed by atoms with Crippen LogP contribution in [0, 0.1) is 11.7 Å². The molecule has 0 bridgehead atoms. The second-order valence-corrected chi connectivity index (χ2v) is 9.91. The van der Waals surface area contributed by atoms with Crippen molar-refractivity contribution >= 4 is 23.4 Å². The summed E-state index contributed by atoms with van der Waals surface area (Å²) in [6.07, 6.45) is 0. The summed E-state index contributed by atoms with van der Waals surface area (Å²) in [6, 6.07) is 8.05. The second kappa shape index (κ2) is 8.06. The summed E-state index contributed by atoms with van der Waals surface area (Å²) in [4.78, 5) is 34.5. The van der Waals surface area contributed by atoms with Gasteiger partial charge in [0.2, 0.25) is 5.91 Å². The fourth-order valence-electron chi connectivity index (χ4n) is 3.84. The van der Waals surface area contributed by atoms with Gasteiger partial charge in [-0.25, -0.2) is 9.37 Å². The van der Waals surface area contributed by atoms with Gasteiger partial charge in [0.25, 0.3) is 5.56 Å². The molecule has 0 radical (unpaired) electrons. The third-order valence-electron chi connectivity index (χ3n) is 5.69. The Bertz CT molecular complexity index is 992. The number of hydrogen-bond acceptors (Lipinski definition) is 5. The van der Waals surface area contributed by atoms with Crippen LogP contribution in [0.25, 0.3) is 0 Å². The Morgan fingerprint density at radius 2 is 1.80 bits per heavy atom. The molecule has 0 N–H and O–H groups in total. The van der Waals surface area contributed by atoms with E-state index >= 15 is 0 Å². The monoisotopic (exact) mass is 430 g/mol. The minimum absolute atomic E-state index is 0.0870. The van der Waals surface area contributed by atoms with Gasteiger partial charge in [-0.15, -0.1) is 0 Å². The number of amides is 1. The van der Waals surface area contributed by atoms with E-state index < -0.39 is 0 Å². The van der Waals surface area contributed by atoms with E-state index in [0.29, 0.717) is 43.6 Å². The van der Waals surface area contributed by atoms with Crippen LogP contribution in [-0.2, 0) is 16.8 Å². The molecule has 0 saturated carbocycles. The highest BCUT2D eigenvalue weighted by molar-refractivity contribution is 7.99. The molecular formula is C22H27FN4O2S. The number of piperazine rings is 1. The number of aromatic nitrogens is 2. The van der Waals surface area contributed by atoms with Crippen molar-refractivity contribution in [2.45, 2.75) is 37.9 Å². The van der Waals surface area contributed by atoms with Gasteiger partial charge in [-0.1, -0.05) is 32.5 Å². The number of carbonyl (C=O) groups excluding carboxylic acids is 1. The van der Waals surface area contributed by atoms with Gasteiger partial charge in [0.05, 0.1) is 11.6 Å². The van der Waals surface area contributed by atoms with E-state index in [1.807, 2.05) is 25.7 Å². The van der Waals surface area contributed by atoms with Crippen LogP contribution < -0.4 is 10.5 Å². The van der Waals surface area contributed by atoms with E-state index in [-0.39, 0.29) is 28.6 Å². The molecule has 2 aliphatic rings. The van der Waals surface area contributed by atoms with Crippen LogP contribution in [-0.4, -0.2) is 52.3 Å². The van der Waals surface area contributed by atoms with Gasteiger partial charge < -0.3 is 9.80 Å². The molecule has 0 aliphatic carbocycles. The Hall–Kier alpha value is -2.35. The van der Waals surface area contributed by atoms with Gasteiger partial charge in [-0.05, 0) is 24.3 Å². The lowest BCUT2D eigenvalue weighted by atomic mass is 9.92. The lowest BCUT2D eigenvalue weighted by Crippen LogP contribution is -2.52. The van der Waals surface area contributed by atoms with E-state index in [1.54, 1.807) is 22.8 Å². The molecule has 1 atom stereocenters. The van der Waals surface area contributed by atoms with Gasteiger partial charge >= 0.3 is 0 Å². The Kier molecular flexibility index (Phi) is 5.61. The zero-order valence-electron chi connectivity index (χ0n) is 17.6. The van der Waals surface area contributed by atoms with Crippen molar-refractivity contribution in [2.75, 3.05) is 36.8 Å². The van der Waals surface area contributed by atoms with Crippen LogP contribution in [0.3, 0.4) is 0 Å². The topological polar surface area (TPSA) is 58.4 Å². The molecule has 4 rings (SSSR count). The van der Waals surface area contributed by atoms with Crippen LogP contribution in [0.5, 0.6) is 0 Å². The molecule has 1 aromatic heterocycles. The standard InChI is InChI=1S/C22H27FN4O2S/c1-22(2,3)18-12-19(28)27-13-15(14-30-21(27)24-18)20(29)26-10-8-25(9-11-26)17-6-4-16(23)5-7-17/h4-7,12,15H,8-11,13-14H2,1-3H3/t15-/m0/s1. The lowest BCUT2D eigenvalue weighted by molar-refractivity contribution is -0.135. The highest BCUT2D eigenvalue weighted by atomic mass is 32.2. The van der Waals surface area contributed by atoms with E-state index in [1.165, 1.54) is 23.9 Å². The summed E-state index contributed by atoms with van der Waals surface area (Å²) in [5, 5.41) is 0.706. The Balaban J connectivity index is 1.41. The van der Waals surface area contributed by atoms with E-state index in [4.69, 9.17) is 0 Å². The zero-order valence-corrected chi connectivity index (χ0v) is 18.4. The van der Waals surface area contributed by atoms with Crippen molar-refractivity contribution in [1.82, 2.24) is 14.5 Å². The number of halogens is 1. The molecule has 8 heteroatoms. The predicted molar refractivity (Wildman–Crippen MR) is 117 cm³/mol. The maximum absolute atomic E-state index is 13.1. The molecule has 30 heavy (non-hydrogen) atoms. The van der Waals surface area contributed by atoms with Gasteiger partial charge in [0, 0.05) is 55.6 Å². The van der Waals surface area contributed by atoms with Crippen LogP contribution in [0.1, 0.15) is 26.5 Å². The number of nitrogens with zero attached hydrogens (tertiary/aromatic N) is 4. The van der Waals surface area contributed by atoms with Crippen molar-refractivity contribution in [3.8, 4) is 0 Å². The molecule has 0 unspecified atom stereocenters. The number of anilines is 1. The van der Waals surface area contributed by atoms with Crippen molar-refractivity contribution in [3.63, 3.8) is 0 Å². The zero-order chi connectivity index (χ0) is 21.5. The van der Waals surface area contributed by atoms with Crippen LogP contribution in [0.4, 0.5) is 10.1 Å². The highest BCUT2D eigenvalue weighted by Gasteiger charge is 2.32. The smallest absolute Gasteiger partial charge is 0.254 e. The van der Waals surface area contributed by atoms with E-state index in [0.717, 1.165) is 11.4 Å². The molecule has 2 aromatic rings. The first-order chi connectivity index (χ1) is 14.2. The number of fused-ring (bicyclic) bond motifs is 1. The Morgan fingerprint density at radius 3 is 2.43 bits per heavy atom. The predicted octanol–water partition coefficient (Wildman–Crippen LogP) is 2.75. The molecule has 1 saturated heterocycles. The molecule has 0 spiro atoms. The maximum Gasteiger partial charge on any atom is 0.254 e. The molecule has 6 nitrogen and oxygen atoms in total. The average molecular weight is 431 g/mol. The molecular weight excluding hydrogens is 403 g/mol. The molecule has 1 fully saturated rings. The normalized spacial score (nSPS) is 19.5. The number of thioether (sulfide) groups is 1. The van der Waals surface area contributed by atoms with Gasteiger partial charge in [-0.3, -0.25) is 14.2 Å². The summed E-state index contributed by atoms with van der Waals surface area (Å²) < 4.78 is 14.8. The SMILES string of the molecule is CC(C)(C)c1cc(=O)n2c(n1)SC[C@@H](C(=O)N1CCN(c3ccc(F)cc3)CC1)C2. The number of benzene rings is 1. The summed E-state index contributed by atoms with van der Waals surface area (Å²) in [6.45, 7) is 9.18. The second-order valence-electron chi connectivity index (χ2n) is 8.92. The molecule has 2 aliphatic heterocycles. The van der Waals surface area contributed by atoms with Crippen LogP contribution in [0.15, 0.2) is 40.3 Å². The number of hydrogen-bond donors (Lipinski definition) is 0. The maximum atomic E-state index is 13.1. The molecule has 1 amide bonds. The number of rotatable bonds is 2. The summed E-state index contributed by atoms with van der Waals surface area (Å²) >= 11 is 1.49. The Labute approximate surface area is 180 Å². The largest absolute Gasteiger partial charge is 0.368 e. The minimum Gasteiger partial charge on any atom is -0.368 e. The molecule has 1 aromatic carbocycles. The highest BCUT2D eigenvalue weighted by Crippen LogP contribution is 2.29. The summed E-state index contributed by atoms with van der Waals surface area (Å²) in [5.74, 6) is 0.261. The van der Waals surface area contributed by atoms with Gasteiger partial charge in [0.15, 0.2) is 5.16 Å². The third kappa shape index (κ3) is 4.24. The first kappa shape index (κ1) is 20.9. The average Bonchev–Trinajstić information content (AvgIpc) is 2.73. The first-order valence-corrected chi connectivity index (χ1v) is 11.3. The minimum atomic E-state index is -0.248. The first-order valence-electron chi connectivity index (χ1n) is 10.3. The van der Waals surface area contributed by atoms with Crippen molar-refractivity contribution in [2.24, 2.45) is 5.92 Å². The summed E-state index contributed by atoms with van der Waals surface area (Å²) in [5.41, 5.74) is 1.48. The van der Waals surface area contributed by atoms with Crippen molar-refractivity contribution < 1.29 is 9.18 Å². The van der Waals surface area contributed by atoms with E-state index in [9.17, 15) is 14.0 Å². The third-order valence-corrected chi connectivity index (χ3v) is 6.83. The molecule has 3 heterocycles. The quantitative estimate of drug-likeness (QED) is 0.686. The lowest BCUT2D eigenvalue weighted by Gasteiger charge is -2.38. The van der Waals surface area contributed by atoms with Crippen molar-refractivity contribution in [1.29, 1.82) is 0 Å². The van der Waals surface area contributed by atoms with Crippen LogP contribution in [0.2, 0.25) is 0 Å². The Morgan fingerprint density at radius 1 is 1.13 bits per heavy atom. The van der Waals surface area contributed by atoms with Gasteiger partial charge in [0.1, 0.15) is 5.82 Å². The number of carbonyl (C=O) groups is 1. The molecule has 160 valence electrons. The van der Waals surface area contributed by atoms with Crippen LogP contribution >= 0.6 is 11.8 Å².